The molecule has 1 aliphatic rings. The molecule has 1 fully saturated rings. The Labute approximate surface area is 87.0 Å². The van der Waals surface area contributed by atoms with Gasteiger partial charge in [-0.15, -0.1) is 0 Å². The molecule has 1 heterocycles. The third kappa shape index (κ3) is 1.41. The Bertz CT molecular complexity index is 346. The molecule has 1 N–H and O–H groups in total. The lowest BCUT2D eigenvalue weighted by Crippen LogP contribution is -2.56. The van der Waals surface area contributed by atoms with Crippen LogP contribution in [0.4, 0.5) is 4.39 Å². The minimum atomic E-state index is -0.387. The fraction of sp³-hybridized carbons (Fsp3) is 0.400. The van der Waals surface area contributed by atoms with Crippen LogP contribution in [0, 0.1) is 5.82 Å². The Morgan fingerprint density at radius 2 is 2.21 bits per heavy atom. The zero-order valence-corrected chi connectivity index (χ0v) is 8.57. The van der Waals surface area contributed by atoms with Crippen molar-refractivity contribution in [2.45, 2.75) is 5.54 Å². The molecule has 2 nitrogen and oxygen atoms in total. The van der Waals surface area contributed by atoms with Crippen molar-refractivity contribution in [3.8, 4) is 0 Å². The van der Waals surface area contributed by atoms with Crippen molar-refractivity contribution in [2.75, 3.05) is 20.3 Å². The van der Waals surface area contributed by atoms with E-state index in [4.69, 9.17) is 16.3 Å². The van der Waals surface area contributed by atoms with Gasteiger partial charge < -0.3 is 10.1 Å². The second-order valence-corrected chi connectivity index (χ2v) is 3.86. The standard InChI is InChI=1S/C10H11ClFNO/c1-13-10(5-14-6-10)7-2-3-9(12)8(11)4-7/h2-4,13H,5-6H2,1H3. The SMILES string of the molecule is CNC1(c2ccc(F)c(Cl)c2)COC1. The van der Waals surface area contributed by atoms with Crippen LogP contribution in [0.5, 0.6) is 0 Å². The summed E-state index contributed by atoms with van der Waals surface area (Å²) in [5.41, 5.74) is 0.787. The molecule has 4 heteroatoms. The summed E-state index contributed by atoms with van der Waals surface area (Å²) in [5.74, 6) is -0.387. The molecule has 0 aliphatic carbocycles. The summed E-state index contributed by atoms with van der Waals surface area (Å²) < 4.78 is 18.1. The topological polar surface area (TPSA) is 21.3 Å². The van der Waals surface area contributed by atoms with Gasteiger partial charge in [0.1, 0.15) is 5.82 Å². The van der Waals surface area contributed by atoms with Gasteiger partial charge in [0.05, 0.1) is 23.8 Å². The molecule has 1 aromatic rings. The van der Waals surface area contributed by atoms with Gasteiger partial charge in [0, 0.05) is 0 Å². The zero-order valence-electron chi connectivity index (χ0n) is 7.81. The zero-order chi connectivity index (χ0) is 10.2. The van der Waals surface area contributed by atoms with Crippen LogP contribution in [-0.2, 0) is 10.3 Å². The molecule has 0 saturated carbocycles. The molecule has 0 aromatic heterocycles. The van der Waals surface area contributed by atoms with Gasteiger partial charge in [-0.2, -0.15) is 0 Å². The van der Waals surface area contributed by atoms with Gasteiger partial charge >= 0.3 is 0 Å². The number of halogens is 2. The Kier molecular flexibility index (Phi) is 2.47. The fourth-order valence-corrected chi connectivity index (χ4v) is 1.74. The summed E-state index contributed by atoms with van der Waals surface area (Å²) in [6.45, 7) is 1.21. The molecule has 76 valence electrons. The van der Waals surface area contributed by atoms with E-state index in [1.807, 2.05) is 7.05 Å². The molecule has 0 atom stereocenters. The molecule has 0 radical (unpaired) electrons. The lowest BCUT2D eigenvalue weighted by Gasteiger charge is -2.41. The smallest absolute Gasteiger partial charge is 0.141 e. The van der Waals surface area contributed by atoms with Gasteiger partial charge in [-0.25, -0.2) is 4.39 Å². The van der Waals surface area contributed by atoms with Crippen molar-refractivity contribution in [3.05, 3.63) is 34.6 Å². The van der Waals surface area contributed by atoms with E-state index in [-0.39, 0.29) is 16.4 Å². The maximum absolute atomic E-state index is 12.9. The van der Waals surface area contributed by atoms with Crippen molar-refractivity contribution in [2.24, 2.45) is 0 Å². The number of hydrogen-bond donors (Lipinski definition) is 1. The number of benzene rings is 1. The van der Waals surface area contributed by atoms with E-state index in [1.165, 1.54) is 6.07 Å². The van der Waals surface area contributed by atoms with Crippen LogP contribution in [-0.4, -0.2) is 20.3 Å². The molecule has 2 rings (SSSR count). The summed E-state index contributed by atoms with van der Waals surface area (Å²) >= 11 is 5.71. The molecule has 0 amide bonds. The molecule has 14 heavy (non-hydrogen) atoms. The van der Waals surface area contributed by atoms with Crippen molar-refractivity contribution in [1.82, 2.24) is 5.32 Å². The van der Waals surface area contributed by atoms with E-state index in [1.54, 1.807) is 12.1 Å². The Morgan fingerprint density at radius 3 is 2.64 bits per heavy atom. The number of rotatable bonds is 2. The van der Waals surface area contributed by atoms with Gasteiger partial charge in [-0.1, -0.05) is 17.7 Å². The maximum Gasteiger partial charge on any atom is 0.141 e. The number of nitrogens with one attached hydrogen (secondary N) is 1. The third-order valence-electron chi connectivity index (χ3n) is 2.65. The molecule has 0 spiro atoms. The van der Waals surface area contributed by atoms with Gasteiger partial charge in [0.2, 0.25) is 0 Å². The first kappa shape index (κ1) is 9.90. The van der Waals surface area contributed by atoms with Gasteiger partial charge in [0.15, 0.2) is 0 Å². The van der Waals surface area contributed by atoms with Crippen LogP contribution in [0.2, 0.25) is 5.02 Å². The van der Waals surface area contributed by atoms with Crippen molar-refractivity contribution < 1.29 is 9.13 Å². The molecular weight excluding hydrogens is 205 g/mol. The molecule has 1 aromatic carbocycles. The largest absolute Gasteiger partial charge is 0.377 e. The highest BCUT2D eigenvalue weighted by atomic mass is 35.5. The first-order valence-electron chi connectivity index (χ1n) is 4.40. The van der Waals surface area contributed by atoms with E-state index in [0.717, 1.165) is 5.56 Å². The highest BCUT2D eigenvalue weighted by Gasteiger charge is 2.38. The minimum absolute atomic E-state index is 0.157. The second-order valence-electron chi connectivity index (χ2n) is 3.45. The van der Waals surface area contributed by atoms with Crippen LogP contribution in [0.25, 0.3) is 0 Å². The summed E-state index contributed by atoms with van der Waals surface area (Å²) in [6.07, 6.45) is 0. The Hall–Kier alpha value is -0.640. The van der Waals surface area contributed by atoms with Crippen LogP contribution in [0.1, 0.15) is 5.56 Å². The third-order valence-corrected chi connectivity index (χ3v) is 2.94. The minimum Gasteiger partial charge on any atom is -0.377 e. The number of ether oxygens (including phenoxy) is 1. The van der Waals surface area contributed by atoms with Crippen LogP contribution in [0.3, 0.4) is 0 Å². The molecule has 1 saturated heterocycles. The van der Waals surface area contributed by atoms with Gasteiger partial charge in [-0.05, 0) is 24.7 Å². The summed E-state index contributed by atoms with van der Waals surface area (Å²) in [5, 5.41) is 3.33. The molecular formula is C10H11ClFNO. The summed E-state index contributed by atoms with van der Waals surface area (Å²) in [7, 11) is 1.86. The predicted molar refractivity (Wildman–Crippen MR) is 53.0 cm³/mol. The quantitative estimate of drug-likeness (QED) is 0.814. The van der Waals surface area contributed by atoms with E-state index in [9.17, 15) is 4.39 Å². The van der Waals surface area contributed by atoms with E-state index < -0.39 is 0 Å². The highest BCUT2D eigenvalue weighted by Crippen LogP contribution is 2.31. The predicted octanol–water partition coefficient (Wildman–Crippen LogP) is 1.92. The average molecular weight is 216 g/mol. The Morgan fingerprint density at radius 1 is 1.50 bits per heavy atom. The van der Waals surface area contributed by atoms with Crippen molar-refractivity contribution >= 4 is 11.6 Å². The maximum atomic E-state index is 12.9. The fourth-order valence-electron chi connectivity index (χ4n) is 1.56. The van der Waals surface area contributed by atoms with Gasteiger partial charge in [-0.3, -0.25) is 0 Å². The second kappa shape index (κ2) is 3.50. The lowest BCUT2D eigenvalue weighted by molar-refractivity contribution is -0.0748. The van der Waals surface area contributed by atoms with Crippen LogP contribution < -0.4 is 5.32 Å². The van der Waals surface area contributed by atoms with Crippen LogP contribution in [0.15, 0.2) is 18.2 Å². The lowest BCUT2D eigenvalue weighted by atomic mass is 9.88. The normalized spacial score (nSPS) is 19.1. The monoisotopic (exact) mass is 215 g/mol. The molecule has 0 bridgehead atoms. The average Bonchev–Trinajstić information content (AvgIpc) is 2.10. The van der Waals surface area contributed by atoms with Gasteiger partial charge in [0.25, 0.3) is 0 Å². The first-order valence-corrected chi connectivity index (χ1v) is 4.78. The van der Waals surface area contributed by atoms with E-state index >= 15 is 0 Å². The highest BCUT2D eigenvalue weighted by molar-refractivity contribution is 6.30. The van der Waals surface area contributed by atoms with Crippen molar-refractivity contribution in [3.63, 3.8) is 0 Å². The number of hydrogen-bond acceptors (Lipinski definition) is 2. The Balaban J connectivity index is 2.36. The van der Waals surface area contributed by atoms with E-state index in [0.29, 0.717) is 13.2 Å². The number of likely N-dealkylation sites (N-methyl/N-ethyl adjacent to an activating group) is 1. The van der Waals surface area contributed by atoms with Crippen molar-refractivity contribution in [1.29, 1.82) is 0 Å². The first-order chi connectivity index (χ1) is 6.68. The molecule has 1 aliphatic heterocycles. The van der Waals surface area contributed by atoms with E-state index in [2.05, 4.69) is 5.32 Å². The van der Waals surface area contributed by atoms with Crippen LogP contribution >= 0.6 is 11.6 Å². The summed E-state index contributed by atoms with van der Waals surface area (Å²) in [6, 6.07) is 4.77. The summed E-state index contributed by atoms with van der Waals surface area (Å²) in [4.78, 5) is 0. The molecule has 0 unspecified atom stereocenters.